The molecular formula is C15H21N5S2. The fourth-order valence-corrected chi connectivity index (χ4v) is 4.51. The minimum absolute atomic E-state index is 0.574. The molecule has 3 rings (SSSR count). The number of nitrogens with zero attached hydrogens (tertiary/aromatic N) is 3. The minimum atomic E-state index is 0.574. The van der Waals surface area contributed by atoms with Crippen molar-refractivity contribution in [2.75, 3.05) is 24.2 Å². The van der Waals surface area contributed by atoms with Gasteiger partial charge in [0.1, 0.15) is 10.3 Å². The average Bonchev–Trinajstić information content (AvgIpc) is 3.06. The first-order valence-corrected chi connectivity index (χ1v) is 9.24. The van der Waals surface area contributed by atoms with E-state index in [0.717, 1.165) is 33.3 Å². The maximum Gasteiger partial charge on any atom is 0.181 e. The highest BCUT2D eigenvalue weighted by Crippen LogP contribution is 2.35. The normalized spacial score (nSPS) is 11.9. The Morgan fingerprint density at radius 3 is 3.00 bits per heavy atom. The van der Waals surface area contributed by atoms with E-state index in [2.05, 4.69) is 41.5 Å². The summed E-state index contributed by atoms with van der Waals surface area (Å²) in [6.45, 7) is 7.83. The first-order valence-electron chi connectivity index (χ1n) is 7.44. The number of thiophene rings is 1. The molecule has 3 N–H and O–H groups in total. The molecule has 0 saturated carbocycles. The Labute approximate surface area is 138 Å². The van der Waals surface area contributed by atoms with E-state index in [1.807, 2.05) is 18.0 Å². The maximum atomic E-state index is 5.59. The molecule has 3 heterocycles. The number of hydrogen-bond donors (Lipinski definition) is 2. The van der Waals surface area contributed by atoms with E-state index in [1.165, 1.54) is 4.21 Å². The van der Waals surface area contributed by atoms with Crippen molar-refractivity contribution in [2.45, 2.75) is 25.0 Å². The number of nitrogens with two attached hydrogens (primary N) is 1. The SMILES string of the molecule is Cc1cnc2c(NCCN)nc3cc(SCC(C)C)sc3n12. The van der Waals surface area contributed by atoms with Crippen LogP contribution in [-0.4, -0.2) is 33.2 Å². The number of rotatable bonds is 6. The molecule has 5 nitrogen and oxygen atoms in total. The second-order valence-corrected chi connectivity index (χ2v) is 8.05. The summed E-state index contributed by atoms with van der Waals surface area (Å²) in [7, 11) is 0. The molecule has 0 spiro atoms. The Kier molecular flexibility index (Phi) is 4.56. The highest BCUT2D eigenvalue weighted by atomic mass is 32.2. The zero-order valence-electron chi connectivity index (χ0n) is 13.1. The van der Waals surface area contributed by atoms with E-state index in [4.69, 9.17) is 10.7 Å². The number of hydrogen-bond acceptors (Lipinski definition) is 6. The molecule has 0 aliphatic rings. The highest BCUT2D eigenvalue weighted by molar-refractivity contribution is 8.01. The molecule has 0 unspecified atom stereocenters. The van der Waals surface area contributed by atoms with Crippen LogP contribution in [0.3, 0.4) is 0 Å². The summed E-state index contributed by atoms with van der Waals surface area (Å²) >= 11 is 3.69. The fraction of sp³-hybridized carbons (Fsp3) is 0.467. The third-order valence-electron chi connectivity index (χ3n) is 3.25. The van der Waals surface area contributed by atoms with Crippen LogP contribution in [0.5, 0.6) is 0 Å². The molecule has 3 aromatic rings. The number of aryl methyl sites for hydroxylation is 1. The summed E-state index contributed by atoms with van der Waals surface area (Å²) in [5.74, 6) is 2.61. The molecule has 0 radical (unpaired) electrons. The van der Waals surface area contributed by atoms with Gasteiger partial charge in [-0.2, -0.15) is 0 Å². The molecule has 0 amide bonds. The van der Waals surface area contributed by atoms with E-state index in [-0.39, 0.29) is 0 Å². The lowest BCUT2D eigenvalue weighted by Gasteiger charge is -2.07. The van der Waals surface area contributed by atoms with Gasteiger partial charge in [0.15, 0.2) is 11.5 Å². The Hall–Kier alpha value is -1.31. The molecule has 0 aromatic carbocycles. The highest BCUT2D eigenvalue weighted by Gasteiger charge is 2.14. The lowest BCUT2D eigenvalue weighted by molar-refractivity contribution is 0.750. The van der Waals surface area contributed by atoms with E-state index in [0.29, 0.717) is 19.0 Å². The van der Waals surface area contributed by atoms with Crippen molar-refractivity contribution in [1.29, 1.82) is 0 Å². The number of imidazole rings is 1. The Morgan fingerprint density at radius 1 is 1.45 bits per heavy atom. The largest absolute Gasteiger partial charge is 0.366 e. The first-order chi connectivity index (χ1) is 10.6. The predicted octanol–water partition coefficient (Wildman–Crippen LogP) is 3.37. The molecule has 118 valence electrons. The zero-order chi connectivity index (χ0) is 15.7. The number of thioether (sulfide) groups is 1. The molecule has 0 aliphatic heterocycles. The van der Waals surface area contributed by atoms with Crippen molar-refractivity contribution in [3.63, 3.8) is 0 Å². The van der Waals surface area contributed by atoms with Gasteiger partial charge in [-0.15, -0.1) is 23.1 Å². The molecule has 0 fully saturated rings. The summed E-state index contributed by atoms with van der Waals surface area (Å²) in [6.07, 6.45) is 1.89. The molecule has 0 saturated heterocycles. The van der Waals surface area contributed by atoms with Gasteiger partial charge >= 0.3 is 0 Å². The van der Waals surface area contributed by atoms with Crippen molar-refractivity contribution in [2.24, 2.45) is 11.7 Å². The van der Waals surface area contributed by atoms with E-state index >= 15 is 0 Å². The predicted molar refractivity (Wildman–Crippen MR) is 96.2 cm³/mol. The smallest absolute Gasteiger partial charge is 0.181 e. The van der Waals surface area contributed by atoms with Gasteiger partial charge in [-0.1, -0.05) is 13.8 Å². The van der Waals surface area contributed by atoms with Crippen LogP contribution in [0, 0.1) is 12.8 Å². The van der Waals surface area contributed by atoms with Gasteiger partial charge in [0, 0.05) is 30.7 Å². The first kappa shape index (κ1) is 15.6. The Morgan fingerprint density at radius 2 is 2.27 bits per heavy atom. The topological polar surface area (TPSA) is 68.2 Å². The quantitative estimate of drug-likeness (QED) is 0.676. The summed E-state index contributed by atoms with van der Waals surface area (Å²) in [6, 6.07) is 2.18. The van der Waals surface area contributed by atoms with Crippen LogP contribution in [0.2, 0.25) is 0 Å². The maximum absolute atomic E-state index is 5.59. The zero-order valence-corrected chi connectivity index (χ0v) is 14.7. The fourth-order valence-electron chi connectivity index (χ4n) is 2.25. The van der Waals surface area contributed by atoms with Gasteiger partial charge in [0.25, 0.3) is 0 Å². The van der Waals surface area contributed by atoms with Crippen LogP contribution < -0.4 is 11.1 Å². The van der Waals surface area contributed by atoms with Gasteiger partial charge in [-0.05, 0) is 18.9 Å². The van der Waals surface area contributed by atoms with E-state index in [9.17, 15) is 0 Å². The van der Waals surface area contributed by atoms with Gasteiger partial charge in [-0.25, -0.2) is 9.97 Å². The van der Waals surface area contributed by atoms with Crippen molar-refractivity contribution in [3.8, 4) is 0 Å². The standard InChI is InChI=1S/C15H21N5S2/c1-9(2)8-21-12-6-11-15(22-12)20-10(3)7-18-14(20)13(19-11)17-5-4-16/h6-7,9H,4-5,8,16H2,1-3H3,(H,17,19). The van der Waals surface area contributed by atoms with Crippen LogP contribution in [0.15, 0.2) is 16.5 Å². The monoisotopic (exact) mass is 335 g/mol. The third-order valence-corrected chi connectivity index (χ3v) is 6.00. The van der Waals surface area contributed by atoms with Gasteiger partial charge < -0.3 is 11.1 Å². The van der Waals surface area contributed by atoms with Gasteiger partial charge in [0.2, 0.25) is 0 Å². The second-order valence-electron chi connectivity index (χ2n) is 5.70. The minimum Gasteiger partial charge on any atom is -0.366 e. The lowest BCUT2D eigenvalue weighted by atomic mass is 10.3. The molecule has 0 atom stereocenters. The second kappa shape index (κ2) is 6.44. The number of fused-ring (bicyclic) bond motifs is 3. The van der Waals surface area contributed by atoms with Crippen LogP contribution in [0.25, 0.3) is 16.0 Å². The van der Waals surface area contributed by atoms with Crippen molar-refractivity contribution < 1.29 is 0 Å². The number of nitrogens with one attached hydrogen (secondary N) is 1. The number of anilines is 1. The molecule has 22 heavy (non-hydrogen) atoms. The molecule has 0 aliphatic carbocycles. The third kappa shape index (κ3) is 2.93. The van der Waals surface area contributed by atoms with Crippen molar-refractivity contribution in [3.05, 3.63) is 18.0 Å². The summed E-state index contributed by atoms with van der Waals surface area (Å²) in [4.78, 5) is 10.4. The van der Waals surface area contributed by atoms with Crippen molar-refractivity contribution >= 4 is 44.9 Å². The molecule has 3 aromatic heterocycles. The van der Waals surface area contributed by atoms with Crippen LogP contribution in [-0.2, 0) is 0 Å². The average molecular weight is 336 g/mol. The van der Waals surface area contributed by atoms with Crippen molar-refractivity contribution in [1.82, 2.24) is 14.4 Å². The Balaban J connectivity index is 2.09. The summed E-state index contributed by atoms with van der Waals surface area (Å²) < 4.78 is 3.49. The molecular weight excluding hydrogens is 314 g/mol. The van der Waals surface area contributed by atoms with Gasteiger partial charge in [-0.3, -0.25) is 4.40 Å². The summed E-state index contributed by atoms with van der Waals surface area (Å²) in [5, 5.41) is 3.28. The lowest BCUT2D eigenvalue weighted by Crippen LogP contribution is -2.14. The van der Waals surface area contributed by atoms with E-state index < -0.39 is 0 Å². The number of aromatic nitrogens is 3. The van der Waals surface area contributed by atoms with Crippen LogP contribution >= 0.6 is 23.1 Å². The molecule has 0 bridgehead atoms. The van der Waals surface area contributed by atoms with Gasteiger partial charge in [0.05, 0.1) is 4.21 Å². The molecule has 7 heteroatoms. The Bertz CT molecular complexity index is 790. The van der Waals surface area contributed by atoms with Crippen LogP contribution in [0.1, 0.15) is 19.5 Å². The van der Waals surface area contributed by atoms with E-state index in [1.54, 1.807) is 11.3 Å². The van der Waals surface area contributed by atoms with Crippen LogP contribution in [0.4, 0.5) is 5.82 Å². The summed E-state index contributed by atoms with van der Waals surface area (Å²) in [5.41, 5.74) is 8.61.